The predicted molar refractivity (Wildman–Crippen MR) is 139 cm³/mol. The number of esters is 1. The van der Waals surface area contributed by atoms with Gasteiger partial charge in [0.25, 0.3) is 11.5 Å². The van der Waals surface area contributed by atoms with Crippen molar-refractivity contribution in [2.45, 2.75) is 26.8 Å². The largest absolute Gasteiger partial charge is 0.497 e. The Kier molecular flexibility index (Phi) is 6.20. The van der Waals surface area contributed by atoms with E-state index in [0.717, 1.165) is 16.9 Å². The zero-order chi connectivity index (χ0) is 26.4. The van der Waals surface area contributed by atoms with E-state index in [-0.39, 0.29) is 28.2 Å². The average Bonchev–Trinajstić information content (AvgIpc) is 3.37. The lowest BCUT2D eigenvalue weighted by molar-refractivity contribution is -0.139. The molecule has 0 saturated carbocycles. The summed E-state index contributed by atoms with van der Waals surface area (Å²) >= 11 is 1.11. The fourth-order valence-corrected chi connectivity index (χ4v) is 5.84. The molecule has 0 fully saturated rings. The third kappa shape index (κ3) is 3.93. The summed E-state index contributed by atoms with van der Waals surface area (Å²) < 4.78 is 18.1. The number of fused-ring (bicyclic) bond motifs is 2. The molecule has 0 aliphatic carbocycles. The smallest absolute Gasteiger partial charge is 0.338 e. The highest BCUT2D eigenvalue weighted by molar-refractivity contribution is 7.07. The highest BCUT2D eigenvalue weighted by atomic mass is 32.1. The van der Waals surface area contributed by atoms with Gasteiger partial charge in [-0.05, 0) is 51.1 Å². The molecule has 1 atom stereocenters. The maximum Gasteiger partial charge on any atom is 0.338 e. The summed E-state index contributed by atoms with van der Waals surface area (Å²) in [4.78, 5) is 45.3. The number of hydrogen-bond donors (Lipinski definition) is 1. The van der Waals surface area contributed by atoms with Crippen LogP contribution in [0.15, 0.2) is 57.5 Å². The second kappa shape index (κ2) is 9.36. The molecule has 1 amide bonds. The number of methoxy groups -OCH3 is 2. The zero-order valence-corrected chi connectivity index (χ0v) is 21.8. The number of ether oxygens (including phenoxy) is 3. The predicted octanol–water partition coefficient (Wildman–Crippen LogP) is 2.45. The Morgan fingerprint density at radius 1 is 1.11 bits per heavy atom. The third-order valence-corrected chi connectivity index (χ3v) is 7.42. The van der Waals surface area contributed by atoms with E-state index in [1.165, 1.54) is 18.8 Å². The summed E-state index contributed by atoms with van der Waals surface area (Å²) in [5.74, 6) is 0.0390. The van der Waals surface area contributed by atoms with E-state index >= 15 is 0 Å². The van der Waals surface area contributed by atoms with E-state index in [4.69, 9.17) is 14.2 Å². The van der Waals surface area contributed by atoms with Crippen LogP contribution in [-0.2, 0) is 14.3 Å². The highest BCUT2D eigenvalue weighted by Crippen LogP contribution is 2.38. The average molecular weight is 520 g/mol. The van der Waals surface area contributed by atoms with Gasteiger partial charge in [-0.25, -0.2) is 9.79 Å². The summed E-state index contributed by atoms with van der Waals surface area (Å²) in [6.45, 7) is 5.49. The van der Waals surface area contributed by atoms with Crippen LogP contribution in [0.5, 0.6) is 11.5 Å². The molecule has 9 nitrogen and oxygen atoms in total. The fourth-order valence-electron chi connectivity index (χ4n) is 4.70. The molecule has 0 unspecified atom stereocenters. The van der Waals surface area contributed by atoms with Crippen LogP contribution < -0.4 is 29.7 Å². The first kappa shape index (κ1) is 24.5. The van der Waals surface area contributed by atoms with Crippen molar-refractivity contribution in [2.24, 2.45) is 4.99 Å². The molecular weight excluding hydrogens is 494 g/mol. The standard InChI is InChI=1S/C27H25N3O6S/c1-6-36-26(33)20-14(3)28-27-30(22(20)17-12-15(34-4)8-10-19(17)35-5)25(32)23(37-27)21-16-11-13(2)7-9-18(16)29-24(21)31/h7-12,22H,6H2,1-5H3,(H,29,31)/b23-21-/t22-/m0/s1. The van der Waals surface area contributed by atoms with Gasteiger partial charge in [0.15, 0.2) is 4.80 Å². The SMILES string of the molecule is CCOC(=O)C1=C(C)N=c2s/c(=C3\C(=O)Nc4ccc(C)cc43)c(=O)n2[C@H]1c1cc(OC)ccc1OC. The van der Waals surface area contributed by atoms with Gasteiger partial charge in [0, 0.05) is 16.8 Å². The van der Waals surface area contributed by atoms with Gasteiger partial charge in [-0.3, -0.25) is 14.2 Å². The molecule has 3 heterocycles. The van der Waals surface area contributed by atoms with Gasteiger partial charge in [0.1, 0.15) is 22.1 Å². The van der Waals surface area contributed by atoms with Crippen molar-refractivity contribution in [1.82, 2.24) is 4.57 Å². The van der Waals surface area contributed by atoms with Crippen LogP contribution in [-0.4, -0.2) is 37.3 Å². The monoisotopic (exact) mass is 519 g/mol. The van der Waals surface area contributed by atoms with E-state index in [2.05, 4.69) is 10.3 Å². The van der Waals surface area contributed by atoms with E-state index < -0.39 is 17.6 Å². The number of aryl methyl sites for hydroxylation is 1. The molecule has 190 valence electrons. The molecule has 2 aromatic carbocycles. The molecule has 0 bridgehead atoms. The fraction of sp³-hybridized carbons (Fsp3) is 0.259. The number of thiazole rings is 1. The molecule has 2 aliphatic rings. The summed E-state index contributed by atoms with van der Waals surface area (Å²) in [7, 11) is 3.05. The molecule has 0 spiro atoms. The Bertz CT molecular complexity index is 1680. The Morgan fingerprint density at radius 3 is 2.59 bits per heavy atom. The summed E-state index contributed by atoms with van der Waals surface area (Å²) in [5.41, 5.74) is 3.27. The van der Waals surface area contributed by atoms with Gasteiger partial charge in [0.05, 0.1) is 37.7 Å². The maximum atomic E-state index is 14.1. The second-order valence-electron chi connectivity index (χ2n) is 8.61. The van der Waals surface area contributed by atoms with Crippen molar-refractivity contribution >= 4 is 34.5 Å². The minimum atomic E-state index is -0.906. The van der Waals surface area contributed by atoms with Crippen molar-refractivity contribution in [2.75, 3.05) is 26.1 Å². The molecule has 0 saturated heterocycles. The van der Waals surface area contributed by atoms with Crippen molar-refractivity contribution < 1.29 is 23.8 Å². The molecule has 1 N–H and O–H groups in total. The van der Waals surface area contributed by atoms with Crippen LogP contribution in [0.4, 0.5) is 5.69 Å². The quantitative estimate of drug-likeness (QED) is 0.519. The number of carbonyl (C=O) groups excluding carboxylic acids is 2. The topological polar surface area (TPSA) is 108 Å². The van der Waals surface area contributed by atoms with Gasteiger partial charge in [-0.1, -0.05) is 23.0 Å². The Labute approximate surface area is 216 Å². The number of allylic oxidation sites excluding steroid dienone is 1. The lowest BCUT2D eigenvalue weighted by Crippen LogP contribution is -2.40. The van der Waals surface area contributed by atoms with Crippen LogP contribution in [0.25, 0.3) is 5.57 Å². The molecule has 2 aliphatic heterocycles. The Balaban J connectivity index is 1.86. The van der Waals surface area contributed by atoms with Gasteiger partial charge >= 0.3 is 5.97 Å². The van der Waals surface area contributed by atoms with Gasteiger partial charge in [-0.15, -0.1) is 0 Å². The van der Waals surface area contributed by atoms with Crippen LogP contribution in [0.3, 0.4) is 0 Å². The molecular formula is C27H25N3O6S. The summed E-state index contributed by atoms with van der Waals surface area (Å²) in [5, 5.41) is 2.84. The van der Waals surface area contributed by atoms with Crippen molar-refractivity contribution in [3.63, 3.8) is 0 Å². The number of anilines is 1. The van der Waals surface area contributed by atoms with E-state index in [1.54, 1.807) is 32.0 Å². The lowest BCUT2D eigenvalue weighted by atomic mass is 9.94. The Hall–Kier alpha value is -4.18. The van der Waals surface area contributed by atoms with Crippen molar-refractivity contribution in [1.29, 1.82) is 0 Å². The van der Waals surface area contributed by atoms with E-state index in [0.29, 0.717) is 38.8 Å². The maximum absolute atomic E-state index is 14.1. The molecule has 10 heteroatoms. The number of nitrogens with zero attached hydrogens (tertiary/aromatic N) is 2. The van der Waals surface area contributed by atoms with E-state index in [1.807, 2.05) is 25.1 Å². The normalized spacial score (nSPS) is 17.5. The number of nitrogens with one attached hydrogen (secondary N) is 1. The van der Waals surface area contributed by atoms with Gasteiger partial charge < -0.3 is 19.5 Å². The van der Waals surface area contributed by atoms with Crippen LogP contribution in [0, 0.1) is 6.92 Å². The zero-order valence-electron chi connectivity index (χ0n) is 21.0. The number of benzene rings is 2. The lowest BCUT2D eigenvalue weighted by Gasteiger charge is -2.26. The van der Waals surface area contributed by atoms with Gasteiger partial charge in [0.2, 0.25) is 0 Å². The first-order valence-corrected chi connectivity index (χ1v) is 12.5. The Morgan fingerprint density at radius 2 is 1.89 bits per heavy atom. The highest BCUT2D eigenvalue weighted by Gasteiger charge is 2.36. The van der Waals surface area contributed by atoms with Crippen molar-refractivity contribution in [3.05, 3.63) is 84.0 Å². The van der Waals surface area contributed by atoms with E-state index in [9.17, 15) is 14.4 Å². The molecule has 37 heavy (non-hydrogen) atoms. The third-order valence-electron chi connectivity index (χ3n) is 6.37. The number of aromatic nitrogens is 1. The second-order valence-corrected chi connectivity index (χ2v) is 9.59. The first-order chi connectivity index (χ1) is 17.8. The van der Waals surface area contributed by atoms with Gasteiger partial charge in [-0.2, -0.15) is 0 Å². The minimum absolute atomic E-state index is 0.155. The summed E-state index contributed by atoms with van der Waals surface area (Å²) in [6, 6.07) is 9.86. The van der Waals surface area contributed by atoms with Crippen molar-refractivity contribution in [3.8, 4) is 11.5 Å². The number of hydrogen-bond acceptors (Lipinski definition) is 8. The van der Waals surface area contributed by atoms with Crippen LogP contribution >= 0.6 is 11.3 Å². The first-order valence-electron chi connectivity index (χ1n) is 11.7. The summed E-state index contributed by atoms with van der Waals surface area (Å²) in [6.07, 6.45) is 0. The number of carbonyl (C=O) groups is 2. The minimum Gasteiger partial charge on any atom is -0.497 e. The molecule has 5 rings (SSSR count). The van der Waals surface area contributed by atoms with Crippen LogP contribution in [0.1, 0.15) is 36.6 Å². The number of amides is 1. The molecule has 1 aromatic heterocycles. The number of rotatable bonds is 5. The molecule has 0 radical (unpaired) electrons. The molecule has 3 aromatic rings. The van der Waals surface area contributed by atoms with Crippen LogP contribution in [0.2, 0.25) is 0 Å².